The molecule has 0 aliphatic carbocycles. The number of ether oxygens (including phenoxy) is 1. The number of hydrogen-bond donors (Lipinski definition) is 2. The number of likely N-dealkylation sites (tertiary alicyclic amines) is 2. The molecule has 0 radical (unpaired) electrons. The van der Waals surface area contributed by atoms with E-state index in [9.17, 15) is 9.50 Å². The zero-order valence-corrected chi connectivity index (χ0v) is 21.9. The first-order valence-corrected chi connectivity index (χ1v) is 13.7. The Labute approximate surface area is 219 Å². The highest BCUT2D eigenvalue weighted by Gasteiger charge is 2.26. The number of nitrogens with one attached hydrogen (secondary N) is 1. The lowest BCUT2D eigenvalue weighted by Crippen LogP contribution is -2.40. The zero-order valence-electron chi connectivity index (χ0n) is 21.9. The first-order chi connectivity index (χ1) is 18.1. The Balaban J connectivity index is 1.42. The fourth-order valence-electron chi connectivity index (χ4n) is 5.57. The fraction of sp³-hybridized carbons (Fsp3) is 0.643. The van der Waals surface area contributed by atoms with Crippen LogP contribution in [0.3, 0.4) is 0 Å². The minimum Gasteiger partial charge on any atom is -0.495 e. The minimum atomic E-state index is -0.848. The summed E-state index contributed by atoms with van der Waals surface area (Å²) in [6.07, 6.45) is 4.98. The second kappa shape index (κ2) is 12.2. The third-order valence-electron chi connectivity index (χ3n) is 7.74. The van der Waals surface area contributed by atoms with Gasteiger partial charge in [-0.1, -0.05) is 11.8 Å². The highest BCUT2D eigenvalue weighted by atomic mass is 19.1. The molecule has 3 aliphatic rings. The number of aliphatic hydroxyl groups is 1. The molecule has 200 valence electrons. The van der Waals surface area contributed by atoms with E-state index >= 15 is 0 Å². The average molecular weight is 511 g/mol. The lowest BCUT2D eigenvalue weighted by molar-refractivity contribution is 0.168. The highest BCUT2D eigenvalue weighted by molar-refractivity contribution is 5.93. The minimum absolute atomic E-state index is 0.187. The van der Waals surface area contributed by atoms with Gasteiger partial charge in [-0.15, -0.1) is 0 Å². The molecule has 3 fully saturated rings. The Hall–Kier alpha value is -2.67. The molecule has 0 saturated carbocycles. The molecule has 2 N–H and O–H groups in total. The molecular formula is C28H39FN6O2. The summed E-state index contributed by atoms with van der Waals surface area (Å²) in [5.74, 6) is 8.67. The van der Waals surface area contributed by atoms with Crippen LogP contribution in [0.25, 0.3) is 10.9 Å². The van der Waals surface area contributed by atoms with E-state index in [4.69, 9.17) is 14.7 Å². The van der Waals surface area contributed by atoms with Crippen LogP contribution in [0, 0.1) is 11.8 Å². The second-order valence-corrected chi connectivity index (χ2v) is 10.4. The maximum absolute atomic E-state index is 14.0. The van der Waals surface area contributed by atoms with Gasteiger partial charge in [0.1, 0.15) is 17.7 Å². The molecule has 8 nitrogen and oxygen atoms in total. The third kappa shape index (κ3) is 6.43. The van der Waals surface area contributed by atoms with Gasteiger partial charge in [-0.25, -0.2) is 9.37 Å². The van der Waals surface area contributed by atoms with Gasteiger partial charge in [-0.3, -0.25) is 0 Å². The van der Waals surface area contributed by atoms with Gasteiger partial charge in [0.2, 0.25) is 5.95 Å². The third-order valence-corrected chi connectivity index (χ3v) is 7.74. The van der Waals surface area contributed by atoms with Crippen LogP contribution in [0.5, 0.6) is 5.75 Å². The van der Waals surface area contributed by atoms with Crippen LogP contribution >= 0.6 is 0 Å². The first-order valence-electron chi connectivity index (χ1n) is 13.7. The molecule has 5 rings (SSSR count). The van der Waals surface area contributed by atoms with E-state index < -0.39 is 6.17 Å². The van der Waals surface area contributed by atoms with Crippen molar-refractivity contribution in [1.29, 1.82) is 0 Å². The van der Waals surface area contributed by atoms with Crippen LogP contribution in [0.15, 0.2) is 12.1 Å². The molecule has 0 bridgehead atoms. The van der Waals surface area contributed by atoms with Gasteiger partial charge >= 0.3 is 0 Å². The summed E-state index contributed by atoms with van der Waals surface area (Å²) in [6.45, 7) is 7.06. The summed E-state index contributed by atoms with van der Waals surface area (Å²) in [5, 5.41) is 13.8. The monoisotopic (exact) mass is 510 g/mol. The molecule has 1 aromatic heterocycles. The van der Waals surface area contributed by atoms with Gasteiger partial charge in [-0.2, -0.15) is 4.98 Å². The number of alkyl halides is 1. The van der Waals surface area contributed by atoms with E-state index in [1.165, 1.54) is 25.9 Å². The Morgan fingerprint density at radius 3 is 2.54 bits per heavy atom. The maximum Gasteiger partial charge on any atom is 0.227 e. The van der Waals surface area contributed by atoms with Crippen molar-refractivity contribution in [3.05, 3.63) is 17.7 Å². The van der Waals surface area contributed by atoms with Crippen LogP contribution in [0.1, 0.15) is 44.1 Å². The van der Waals surface area contributed by atoms with Crippen LogP contribution in [-0.2, 0) is 0 Å². The van der Waals surface area contributed by atoms with Crippen molar-refractivity contribution in [3.63, 3.8) is 0 Å². The van der Waals surface area contributed by atoms with Crippen molar-refractivity contribution in [3.8, 4) is 17.6 Å². The number of nitrogens with zero attached hydrogens (tertiary/aromatic N) is 5. The molecule has 4 heterocycles. The molecule has 3 saturated heterocycles. The van der Waals surface area contributed by atoms with Crippen molar-refractivity contribution in [1.82, 2.24) is 19.8 Å². The number of anilines is 2. The summed E-state index contributed by atoms with van der Waals surface area (Å²) in [7, 11) is 1.67. The van der Waals surface area contributed by atoms with Gasteiger partial charge in [-0.05, 0) is 57.3 Å². The van der Waals surface area contributed by atoms with E-state index in [1.807, 2.05) is 17.0 Å². The summed E-state index contributed by atoms with van der Waals surface area (Å²) < 4.78 is 19.7. The molecule has 2 aromatic rings. The molecule has 0 amide bonds. The van der Waals surface area contributed by atoms with E-state index in [1.54, 1.807) is 7.11 Å². The number of rotatable bonds is 8. The van der Waals surface area contributed by atoms with Gasteiger partial charge < -0.3 is 29.9 Å². The van der Waals surface area contributed by atoms with Crippen molar-refractivity contribution < 1.29 is 14.2 Å². The van der Waals surface area contributed by atoms with Gasteiger partial charge in [0.25, 0.3) is 0 Å². The average Bonchev–Trinajstić information content (AvgIpc) is 3.59. The van der Waals surface area contributed by atoms with Crippen LogP contribution in [-0.4, -0.2) is 103 Å². The van der Waals surface area contributed by atoms with Crippen molar-refractivity contribution in [2.24, 2.45) is 0 Å². The summed E-state index contributed by atoms with van der Waals surface area (Å²) in [5.41, 5.74) is 1.60. The molecule has 0 spiro atoms. The number of methoxy groups -OCH3 is 1. The SMILES string of the molecule is COc1cc2c(NC3CCN(CCO)CC3)nc(N3CC[C@@H](F)C3)nc2cc1C#CCCN1CCCC1. The van der Waals surface area contributed by atoms with E-state index in [-0.39, 0.29) is 12.6 Å². The van der Waals surface area contributed by atoms with Gasteiger partial charge in [0, 0.05) is 50.6 Å². The molecular weight excluding hydrogens is 471 g/mol. The number of fused-ring (bicyclic) bond motifs is 1. The van der Waals surface area contributed by atoms with Crippen LogP contribution in [0.4, 0.5) is 16.2 Å². The molecule has 9 heteroatoms. The van der Waals surface area contributed by atoms with Crippen molar-refractivity contribution in [2.75, 3.05) is 76.3 Å². The summed E-state index contributed by atoms with van der Waals surface area (Å²) in [6, 6.07) is 4.24. The number of hydrogen-bond acceptors (Lipinski definition) is 8. The molecule has 1 atom stereocenters. The Morgan fingerprint density at radius 1 is 1.05 bits per heavy atom. The fourth-order valence-corrected chi connectivity index (χ4v) is 5.57. The molecule has 1 aromatic carbocycles. The van der Waals surface area contributed by atoms with Gasteiger partial charge in [0.15, 0.2) is 0 Å². The zero-order chi connectivity index (χ0) is 25.6. The van der Waals surface area contributed by atoms with E-state index in [0.29, 0.717) is 37.8 Å². The smallest absolute Gasteiger partial charge is 0.227 e. The second-order valence-electron chi connectivity index (χ2n) is 10.4. The van der Waals surface area contributed by atoms with Crippen LogP contribution < -0.4 is 15.0 Å². The summed E-state index contributed by atoms with van der Waals surface area (Å²) >= 11 is 0. The lowest BCUT2D eigenvalue weighted by Gasteiger charge is -2.32. The molecule has 3 aliphatic heterocycles. The van der Waals surface area contributed by atoms with E-state index in [0.717, 1.165) is 61.2 Å². The quantitative estimate of drug-likeness (QED) is 0.525. The summed E-state index contributed by atoms with van der Waals surface area (Å²) in [4.78, 5) is 16.4. The Bertz CT molecular complexity index is 1120. The topological polar surface area (TPSA) is 77.0 Å². The molecule has 0 unspecified atom stereocenters. The van der Waals surface area contributed by atoms with E-state index in [2.05, 4.69) is 27.0 Å². The van der Waals surface area contributed by atoms with Crippen molar-refractivity contribution in [2.45, 2.75) is 50.7 Å². The number of aromatic nitrogens is 2. The largest absolute Gasteiger partial charge is 0.495 e. The van der Waals surface area contributed by atoms with Crippen LogP contribution in [0.2, 0.25) is 0 Å². The Kier molecular flexibility index (Phi) is 8.59. The van der Waals surface area contributed by atoms with Gasteiger partial charge in [0.05, 0.1) is 31.3 Å². The first kappa shape index (κ1) is 26.0. The lowest BCUT2D eigenvalue weighted by atomic mass is 10.0. The Morgan fingerprint density at radius 2 is 1.84 bits per heavy atom. The number of piperidine rings is 1. The molecule has 37 heavy (non-hydrogen) atoms. The number of benzene rings is 1. The predicted octanol–water partition coefficient (Wildman–Crippen LogP) is 2.89. The van der Waals surface area contributed by atoms with Crippen molar-refractivity contribution >= 4 is 22.7 Å². The maximum atomic E-state index is 14.0. The predicted molar refractivity (Wildman–Crippen MR) is 145 cm³/mol. The highest BCUT2D eigenvalue weighted by Crippen LogP contribution is 2.32. The standard InChI is InChI=1S/C28H39FN6O2/c1-37-26-19-24-25(18-21(26)6-2-3-10-33-11-4-5-12-33)31-28(35-15-7-22(29)20-35)32-27(24)30-23-8-13-34(14-9-23)16-17-36/h18-19,22-23,36H,3-5,7-17,20H2,1H3,(H,30,31,32)/t22-/m1/s1. The number of halogens is 1. The number of β-amino-alcohol motifs (C(OH)–C–C–N with tert-alkyl or cyclic N) is 1. The number of aliphatic hydroxyl groups excluding tert-OH is 1. The normalized spacial score (nSPS) is 21.4.